The molecule has 0 bridgehead atoms. The predicted octanol–water partition coefficient (Wildman–Crippen LogP) is 3.98. The second-order valence-electron chi connectivity index (χ2n) is 7.48. The molecule has 0 aliphatic carbocycles. The fourth-order valence-electron chi connectivity index (χ4n) is 3.63. The zero-order valence-electron chi connectivity index (χ0n) is 17.2. The zero-order chi connectivity index (χ0) is 22.9. The summed E-state index contributed by atoms with van der Waals surface area (Å²) < 4.78 is 66.5. The lowest BCUT2D eigenvalue weighted by molar-refractivity contribution is -0.137. The maximum Gasteiger partial charge on any atom is 0.416 e. The van der Waals surface area contributed by atoms with Crippen molar-refractivity contribution in [1.82, 2.24) is 14.3 Å². The summed E-state index contributed by atoms with van der Waals surface area (Å²) in [5, 5.41) is 0. The number of hydrogen-bond acceptors (Lipinski definition) is 5. The largest absolute Gasteiger partial charge is 0.416 e. The molecule has 10 heteroatoms. The molecule has 1 saturated heterocycles. The third kappa shape index (κ3) is 4.46. The average Bonchev–Trinajstić information content (AvgIpc) is 2.79. The zero-order valence-corrected chi connectivity index (χ0v) is 18.1. The van der Waals surface area contributed by atoms with Gasteiger partial charge in [-0.15, -0.1) is 0 Å². The molecule has 168 valence electrons. The van der Waals surface area contributed by atoms with Crippen molar-refractivity contribution in [2.45, 2.75) is 18.0 Å². The van der Waals surface area contributed by atoms with Gasteiger partial charge >= 0.3 is 6.18 Å². The van der Waals surface area contributed by atoms with Gasteiger partial charge in [0.25, 0.3) is 0 Å². The van der Waals surface area contributed by atoms with Crippen LogP contribution in [0.15, 0.2) is 65.7 Å². The van der Waals surface area contributed by atoms with Crippen molar-refractivity contribution in [2.75, 3.05) is 31.1 Å². The quantitative estimate of drug-likeness (QED) is 0.587. The van der Waals surface area contributed by atoms with E-state index in [0.29, 0.717) is 35.9 Å². The molecule has 1 aliphatic heterocycles. The van der Waals surface area contributed by atoms with E-state index in [4.69, 9.17) is 0 Å². The van der Waals surface area contributed by atoms with Crippen molar-refractivity contribution in [1.29, 1.82) is 0 Å². The highest BCUT2D eigenvalue weighted by Crippen LogP contribution is 2.32. The Labute approximate surface area is 184 Å². The molecule has 4 rings (SSSR count). The van der Waals surface area contributed by atoms with E-state index in [0.717, 1.165) is 12.1 Å². The summed E-state index contributed by atoms with van der Waals surface area (Å²) in [6, 6.07) is 13.4. The molecule has 0 unspecified atom stereocenters. The molecule has 2 aromatic carbocycles. The van der Waals surface area contributed by atoms with Crippen LogP contribution in [0.5, 0.6) is 0 Å². The number of piperazine rings is 1. The lowest BCUT2D eigenvalue weighted by Crippen LogP contribution is -2.49. The molecular weight excluding hydrogens is 441 g/mol. The first-order valence-corrected chi connectivity index (χ1v) is 11.4. The van der Waals surface area contributed by atoms with Gasteiger partial charge in [-0.2, -0.15) is 17.5 Å². The number of alkyl halides is 3. The Morgan fingerprint density at radius 1 is 0.938 bits per heavy atom. The minimum absolute atomic E-state index is 0.258. The molecule has 6 nitrogen and oxygen atoms in total. The molecule has 1 fully saturated rings. The van der Waals surface area contributed by atoms with Gasteiger partial charge in [0.2, 0.25) is 16.0 Å². The van der Waals surface area contributed by atoms with Crippen molar-refractivity contribution in [3.63, 3.8) is 0 Å². The van der Waals surface area contributed by atoms with Crippen LogP contribution in [0.4, 0.5) is 19.1 Å². The number of aryl methyl sites for hydroxylation is 1. The number of anilines is 1. The third-order valence-electron chi connectivity index (χ3n) is 5.36. The first-order valence-electron chi connectivity index (χ1n) is 9.98. The van der Waals surface area contributed by atoms with Crippen molar-refractivity contribution in [3.05, 3.63) is 71.9 Å². The molecule has 0 radical (unpaired) electrons. The van der Waals surface area contributed by atoms with Gasteiger partial charge in [0.15, 0.2) is 0 Å². The number of nitrogens with zero attached hydrogens (tertiary/aromatic N) is 4. The van der Waals surface area contributed by atoms with Gasteiger partial charge < -0.3 is 4.90 Å². The second-order valence-corrected chi connectivity index (χ2v) is 9.38. The van der Waals surface area contributed by atoms with E-state index in [1.165, 1.54) is 16.6 Å². The number of rotatable bonds is 4. The first kappa shape index (κ1) is 22.2. The van der Waals surface area contributed by atoms with Crippen molar-refractivity contribution in [3.8, 4) is 11.3 Å². The van der Waals surface area contributed by atoms with Crippen LogP contribution in [0.1, 0.15) is 11.1 Å². The summed E-state index contributed by atoms with van der Waals surface area (Å²) in [5.74, 6) is 0.354. The van der Waals surface area contributed by atoms with Gasteiger partial charge in [-0.3, -0.25) is 0 Å². The Morgan fingerprint density at radius 2 is 1.66 bits per heavy atom. The average molecular weight is 462 g/mol. The van der Waals surface area contributed by atoms with Crippen LogP contribution in [0.2, 0.25) is 0 Å². The molecule has 32 heavy (non-hydrogen) atoms. The normalized spacial score (nSPS) is 15.7. The maximum atomic E-state index is 13.0. The molecule has 0 saturated carbocycles. The Morgan fingerprint density at radius 3 is 2.34 bits per heavy atom. The highest BCUT2D eigenvalue weighted by molar-refractivity contribution is 7.89. The summed E-state index contributed by atoms with van der Waals surface area (Å²) in [4.78, 5) is 10.8. The van der Waals surface area contributed by atoms with E-state index in [2.05, 4.69) is 9.97 Å². The Kier molecular flexibility index (Phi) is 5.91. The van der Waals surface area contributed by atoms with Gasteiger partial charge in [-0.05, 0) is 36.8 Å². The van der Waals surface area contributed by atoms with Gasteiger partial charge in [-0.1, -0.05) is 30.3 Å². The summed E-state index contributed by atoms with van der Waals surface area (Å²) in [5.41, 5.74) is 0.651. The summed E-state index contributed by atoms with van der Waals surface area (Å²) in [6.45, 7) is 3.02. The summed E-state index contributed by atoms with van der Waals surface area (Å²) in [7, 11) is -3.61. The monoisotopic (exact) mass is 462 g/mol. The topological polar surface area (TPSA) is 66.4 Å². The SMILES string of the molecule is Cc1ccccc1S(=O)(=O)N1CCN(c2nccc(-c3cccc(C(F)(F)F)c3)n2)CC1. The number of halogens is 3. The van der Waals surface area contributed by atoms with Crippen molar-refractivity contribution in [2.24, 2.45) is 0 Å². The van der Waals surface area contributed by atoms with Gasteiger partial charge in [0.05, 0.1) is 16.2 Å². The fraction of sp³-hybridized carbons (Fsp3) is 0.273. The van der Waals surface area contributed by atoms with Gasteiger partial charge in [0, 0.05) is 37.9 Å². The Hall–Kier alpha value is -2.98. The van der Waals surface area contributed by atoms with Crippen LogP contribution in [-0.4, -0.2) is 48.9 Å². The fourth-order valence-corrected chi connectivity index (χ4v) is 5.28. The maximum absolute atomic E-state index is 13.0. The van der Waals surface area contributed by atoms with Crippen LogP contribution in [-0.2, 0) is 16.2 Å². The number of hydrogen-bond donors (Lipinski definition) is 0. The lowest BCUT2D eigenvalue weighted by atomic mass is 10.1. The second kappa shape index (κ2) is 8.51. The standard InChI is InChI=1S/C22H21F3N4O2S/c1-16-5-2-3-8-20(16)32(30,31)29-13-11-28(12-14-29)21-26-10-9-19(27-21)17-6-4-7-18(15-17)22(23,24)25/h2-10,15H,11-14H2,1H3. The molecule has 3 aromatic rings. The number of sulfonamides is 1. The minimum atomic E-state index is -4.44. The molecule has 1 aromatic heterocycles. The van der Waals surface area contributed by atoms with E-state index in [1.807, 2.05) is 4.90 Å². The highest BCUT2D eigenvalue weighted by atomic mass is 32.2. The summed E-state index contributed by atoms with van der Waals surface area (Å²) in [6.07, 6.45) is -2.95. The number of benzene rings is 2. The Bertz CT molecular complexity index is 1220. The number of aromatic nitrogens is 2. The lowest BCUT2D eigenvalue weighted by Gasteiger charge is -2.34. The molecular formula is C22H21F3N4O2S. The van der Waals surface area contributed by atoms with E-state index in [-0.39, 0.29) is 18.0 Å². The molecule has 0 amide bonds. The van der Waals surface area contributed by atoms with Crippen LogP contribution < -0.4 is 4.90 Å². The van der Waals surface area contributed by atoms with Crippen LogP contribution in [0.25, 0.3) is 11.3 Å². The molecule has 0 atom stereocenters. The van der Waals surface area contributed by atoms with Crippen LogP contribution in [0.3, 0.4) is 0 Å². The van der Waals surface area contributed by atoms with E-state index in [1.54, 1.807) is 43.3 Å². The van der Waals surface area contributed by atoms with E-state index in [9.17, 15) is 21.6 Å². The van der Waals surface area contributed by atoms with Crippen LogP contribution in [0, 0.1) is 6.92 Å². The first-order chi connectivity index (χ1) is 15.2. The van der Waals surface area contributed by atoms with Gasteiger partial charge in [-0.25, -0.2) is 18.4 Å². The smallest absolute Gasteiger partial charge is 0.338 e. The van der Waals surface area contributed by atoms with Crippen molar-refractivity contribution >= 4 is 16.0 Å². The Balaban J connectivity index is 1.51. The highest BCUT2D eigenvalue weighted by Gasteiger charge is 2.31. The summed E-state index contributed by atoms with van der Waals surface area (Å²) >= 11 is 0. The van der Waals surface area contributed by atoms with Gasteiger partial charge in [0.1, 0.15) is 0 Å². The molecule has 0 spiro atoms. The van der Waals surface area contributed by atoms with Crippen LogP contribution >= 0.6 is 0 Å². The van der Waals surface area contributed by atoms with E-state index >= 15 is 0 Å². The third-order valence-corrected chi connectivity index (χ3v) is 7.42. The minimum Gasteiger partial charge on any atom is -0.338 e. The predicted molar refractivity (Wildman–Crippen MR) is 115 cm³/mol. The van der Waals surface area contributed by atoms with E-state index < -0.39 is 21.8 Å². The molecule has 0 N–H and O–H groups in total. The molecule has 2 heterocycles. The van der Waals surface area contributed by atoms with Crippen molar-refractivity contribution < 1.29 is 21.6 Å². The molecule has 1 aliphatic rings.